The molecule has 6 aromatic rings. The molecule has 4 aromatic carbocycles. The van der Waals surface area contributed by atoms with Crippen molar-refractivity contribution < 1.29 is 23.8 Å². The van der Waals surface area contributed by atoms with Crippen molar-refractivity contribution in [1.82, 2.24) is 0 Å². The number of methoxy groups -OCH3 is 1. The molecule has 2 N–H and O–H groups in total. The van der Waals surface area contributed by atoms with Crippen molar-refractivity contribution in [3.05, 3.63) is 72.0 Å². The molecule has 0 bridgehead atoms. The fourth-order valence-corrected chi connectivity index (χ4v) is 5.31. The average Bonchev–Trinajstić information content (AvgIpc) is 3.35. The van der Waals surface area contributed by atoms with Gasteiger partial charge in [-0.1, -0.05) is 15.9 Å². The number of rotatable bonds is 1. The Hall–Kier alpha value is -0.695. The van der Waals surface area contributed by atoms with Crippen molar-refractivity contribution in [3.63, 3.8) is 0 Å². The van der Waals surface area contributed by atoms with Gasteiger partial charge in [-0.2, -0.15) is 0 Å². The lowest BCUT2D eigenvalue weighted by Gasteiger charge is -2.02. The van der Waals surface area contributed by atoms with Crippen molar-refractivity contribution in [2.75, 3.05) is 7.11 Å². The third-order valence-corrected chi connectivity index (χ3v) is 8.38. The third kappa shape index (κ3) is 7.03. The van der Waals surface area contributed by atoms with E-state index in [-0.39, 0.29) is 14.7 Å². The van der Waals surface area contributed by atoms with Crippen molar-refractivity contribution in [2.24, 2.45) is 0 Å². The highest BCUT2D eigenvalue weighted by Gasteiger charge is 2.13. The smallest absolute Gasteiger partial charge is 0.369 e. The minimum Gasteiger partial charge on any atom is -0.507 e. The second-order valence-electron chi connectivity index (χ2n) is 8.13. The van der Waals surface area contributed by atoms with Crippen LogP contribution < -0.4 is 4.74 Å². The Labute approximate surface area is 282 Å². The van der Waals surface area contributed by atoms with E-state index >= 15 is 0 Å². The van der Waals surface area contributed by atoms with E-state index in [4.69, 9.17) is 13.6 Å². The van der Waals surface area contributed by atoms with Crippen LogP contribution in [0.5, 0.6) is 17.2 Å². The molecule has 0 fully saturated rings. The highest BCUT2D eigenvalue weighted by atomic mass is 79.9. The zero-order valence-electron chi connectivity index (χ0n) is 20.0. The number of hydrogen-bond donors (Lipinski definition) is 2. The molecule has 0 radical (unpaired) electrons. The first-order chi connectivity index (χ1) is 18.4. The van der Waals surface area contributed by atoms with Crippen LogP contribution in [0.15, 0.2) is 75.3 Å². The van der Waals surface area contributed by atoms with E-state index in [1.165, 1.54) is 5.56 Å². The van der Waals surface area contributed by atoms with Crippen LogP contribution in [0.3, 0.4) is 0 Å². The van der Waals surface area contributed by atoms with Gasteiger partial charge in [0.1, 0.15) is 39.6 Å². The molecule has 5 nitrogen and oxygen atoms in total. The summed E-state index contributed by atoms with van der Waals surface area (Å²) in [7, 11) is 1.66. The lowest BCUT2D eigenvalue weighted by molar-refractivity contribution is 0.412. The quantitative estimate of drug-likeness (QED) is 0.161. The Kier molecular flexibility index (Phi) is 10.5. The average molecular weight is 979 g/mol. The van der Waals surface area contributed by atoms with Crippen LogP contribution >= 0.6 is 111 Å². The van der Waals surface area contributed by atoms with Gasteiger partial charge in [-0.15, -0.1) is 47.3 Å². The highest BCUT2D eigenvalue weighted by molar-refractivity contribution is 9.69. The van der Waals surface area contributed by atoms with Crippen molar-refractivity contribution in [2.45, 2.75) is 6.92 Å². The van der Waals surface area contributed by atoms with Crippen molar-refractivity contribution >= 4 is 158 Å². The molecule has 2 heterocycles. The van der Waals surface area contributed by atoms with Crippen LogP contribution in [0.1, 0.15) is 5.56 Å². The normalized spacial score (nSPS) is 10.9. The zero-order valence-corrected chi connectivity index (χ0v) is 31.1. The summed E-state index contributed by atoms with van der Waals surface area (Å²) in [4.78, 5) is 0. The molecular weight excluding hydrogens is 962 g/mol. The van der Waals surface area contributed by atoms with Crippen LogP contribution in [0.4, 0.5) is 0 Å². The largest absolute Gasteiger partial charge is 0.507 e. The molecule has 0 atom stereocenters. The monoisotopic (exact) mass is 972 g/mol. The molecule has 0 aliphatic carbocycles. The summed E-state index contributed by atoms with van der Waals surface area (Å²) in [6, 6.07) is 14.7. The highest BCUT2D eigenvalue weighted by Crippen LogP contribution is 2.40. The molecule has 13 heteroatoms. The van der Waals surface area contributed by atoms with Crippen molar-refractivity contribution in [1.29, 1.82) is 0 Å². The van der Waals surface area contributed by atoms with Crippen LogP contribution in [0.25, 0.3) is 43.9 Å². The topological polar surface area (TPSA) is 76.0 Å². The summed E-state index contributed by atoms with van der Waals surface area (Å²) < 4.78 is 20.2. The SMILES string of the molecule is BrB(Br)Br.COc1cc2c(cc1Br)oc1cc(Br)c(C)cc12.Oc1cc2c(cc1Br)oc1cc(Br)c(O)cc12. The van der Waals surface area contributed by atoms with Crippen LogP contribution in [0, 0.1) is 6.92 Å². The van der Waals surface area contributed by atoms with Gasteiger partial charge in [0, 0.05) is 26.0 Å². The van der Waals surface area contributed by atoms with E-state index in [2.05, 4.69) is 124 Å². The van der Waals surface area contributed by atoms with Gasteiger partial charge in [0.2, 0.25) is 0 Å². The maximum atomic E-state index is 9.66. The van der Waals surface area contributed by atoms with E-state index < -0.39 is 0 Å². The second-order valence-corrected chi connectivity index (χ2v) is 18.0. The number of phenolic OH excluding ortho intramolecular Hbond substituents is 2. The molecule has 0 saturated heterocycles. The fraction of sp³-hybridized carbons (Fsp3) is 0.0769. The van der Waals surface area contributed by atoms with Crippen molar-refractivity contribution in [3.8, 4) is 17.2 Å². The van der Waals surface area contributed by atoms with Gasteiger partial charge in [-0.05, 0) is 109 Å². The lowest BCUT2D eigenvalue weighted by Crippen LogP contribution is -1.83. The predicted molar refractivity (Wildman–Crippen MR) is 185 cm³/mol. The molecule has 0 amide bonds. The molecule has 6 rings (SSSR count). The maximum Gasteiger partial charge on any atom is 0.369 e. The van der Waals surface area contributed by atoms with E-state index in [1.54, 1.807) is 31.4 Å². The third-order valence-electron chi connectivity index (χ3n) is 5.63. The minimum absolute atomic E-state index is 0.141. The molecule has 0 saturated carbocycles. The van der Waals surface area contributed by atoms with E-state index in [9.17, 15) is 10.2 Å². The van der Waals surface area contributed by atoms with Gasteiger partial charge < -0.3 is 23.8 Å². The van der Waals surface area contributed by atoms with E-state index in [0.29, 0.717) is 20.1 Å². The number of furan rings is 2. The van der Waals surface area contributed by atoms with Crippen LogP contribution in [0.2, 0.25) is 0 Å². The Morgan fingerprint density at radius 2 is 0.949 bits per heavy atom. The molecule has 0 spiro atoms. The molecule has 202 valence electrons. The summed E-state index contributed by atoms with van der Waals surface area (Å²) in [5, 5.41) is 23.0. The zero-order chi connectivity index (χ0) is 28.6. The Balaban J connectivity index is 0.000000160. The van der Waals surface area contributed by atoms with Gasteiger partial charge in [0.15, 0.2) is 0 Å². The number of fused-ring (bicyclic) bond motifs is 6. The Morgan fingerprint density at radius 1 is 0.590 bits per heavy atom. The Bertz CT molecular complexity index is 1770. The van der Waals surface area contributed by atoms with Gasteiger partial charge in [-0.3, -0.25) is 0 Å². The van der Waals surface area contributed by atoms with Gasteiger partial charge in [-0.25, -0.2) is 0 Å². The number of hydrogen-bond acceptors (Lipinski definition) is 5. The van der Waals surface area contributed by atoms with Gasteiger partial charge in [0.05, 0.1) is 20.5 Å². The van der Waals surface area contributed by atoms with Crippen LogP contribution in [-0.2, 0) is 0 Å². The molecule has 39 heavy (non-hydrogen) atoms. The predicted octanol–water partition coefficient (Wildman–Crippen LogP) is 12.1. The number of aryl methyl sites for hydroxylation is 1. The number of halogens is 7. The first-order valence-corrected chi connectivity index (χ1v) is 16.8. The fourth-order valence-electron chi connectivity index (χ4n) is 3.86. The van der Waals surface area contributed by atoms with Gasteiger partial charge >= 0.3 is 3.18 Å². The maximum absolute atomic E-state index is 9.66. The summed E-state index contributed by atoms with van der Waals surface area (Å²) in [5.74, 6) is 1.09. The number of ether oxygens (including phenoxy) is 1. The minimum atomic E-state index is 0.141. The number of aromatic hydroxyl groups is 2. The second kappa shape index (κ2) is 13.1. The first-order valence-electron chi connectivity index (χ1n) is 10.9. The number of benzene rings is 4. The first kappa shape index (κ1) is 31.2. The lowest BCUT2D eigenvalue weighted by atomic mass is 10.1. The molecule has 0 aliphatic heterocycles. The van der Waals surface area contributed by atoms with E-state index in [0.717, 1.165) is 47.4 Å². The summed E-state index contributed by atoms with van der Waals surface area (Å²) in [6.45, 7) is 2.07. The standard InChI is InChI=1S/C14H10Br2O2.C12H6Br2O3.BBr3/c1-7-3-8-9-4-14(17-2)11(16)6-13(9)18-12(8)5-10(7)15;13-7-3-11-5(1-9(7)15)6-2-10(16)8(14)4-12(6)17-11;2-1(3)4/h3-6H,1-2H3;1-4,15-16H;. The molecular formula is C26H16BBr7O5. The van der Waals surface area contributed by atoms with E-state index in [1.807, 2.05) is 18.2 Å². The Morgan fingerprint density at radius 3 is 1.38 bits per heavy atom. The van der Waals surface area contributed by atoms with Gasteiger partial charge in [0.25, 0.3) is 0 Å². The molecule has 2 aromatic heterocycles. The summed E-state index contributed by atoms with van der Waals surface area (Å²) in [6.07, 6.45) is 0. The molecule has 0 aliphatic rings. The summed E-state index contributed by atoms with van der Waals surface area (Å²) in [5.41, 5.74) is 4.23. The number of phenols is 2. The molecule has 0 unspecified atom stereocenters. The van der Waals surface area contributed by atoms with Crippen LogP contribution in [-0.4, -0.2) is 20.5 Å². The summed E-state index contributed by atoms with van der Waals surface area (Å²) >= 11 is 22.8.